The van der Waals surface area contributed by atoms with E-state index in [-0.39, 0.29) is 64.7 Å². The highest BCUT2D eigenvalue weighted by atomic mass is 16.6. The van der Waals surface area contributed by atoms with Gasteiger partial charge in [0, 0.05) is 66.2 Å². The molecule has 1 unspecified atom stereocenters. The SMILES string of the molecule is CCN(CC)c1ccc(C(=O)c2ccccc2C(=O)OCC(C)(C)C(=O)OCC(C)(C)COC(=O)c2ccccc2C(O)c2ccc(N(CC)CC)cc2O)c(O)c1. The summed E-state index contributed by atoms with van der Waals surface area (Å²) in [5.41, 5.74) is 0.115. The summed E-state index contributed by atoms with van der Waals surface area (Å²) >= 11 is 0. The van der Waals surface area contributed by atoms with Gasteiger partial charge in [-0.3, -0.25) is 9.59 Å². The number of benzene rings is 4. The predicted octanol–water partition coefficient (Wildman–Crippen LogP) is 7.71. The number of ether oxygens (including phenoxy) is 3. The molecule has 1 atom stereocenters. The summed E-state index contributed by atoms with van der Waals surface area (Å²) in [7, 11) is 0. The lowest BCUT2D eigenvalue weighted by molar-refractivity contribution is -0.160. The second-order valence-electron chi connectivity index (χ2n) is 15.4. The standard InChI is InChI=1S/C46H56N2O10/c1-9-47(10-2)30-21-23-36(38(49)25-30)40(51)32-17-13-15-19-34(32)42(53)56-27-45(5,6)28-58-44(55)46(7,8)29-57-43(54)35-20-16-14-18-33(35)41(52)37-24-22-31(26-39(37)50)48(11-3)12-4/h13-26,40,49-51H,9-12,27-29H2,1-8H3. The number of aliphatic hydroxyl groups excluding tert-OH is 1. The molecule has 0 saturated heterocycles. The molecule has 310 valence electrons. The fourth-order valence-corrected chi connectivity index (χ4v) is 6.36. The van der Waals surface area contributed by atoms with Crippen molar-refractivity contribution in [1.29, 1.82) is 0 Å². The Labute approximate surface area is 341 Å². The fraction of sp³-hybridized carbons (Fsp3) is 0.391. The van der Waals surface area contributed by atoms with Crippen molar-refractivity contribution in [2.24, 2.45) is 10.8 Å². The third-order valence-corrected chi connectivity index (χ3v) is 9.96. The quantitative estimate of drug-likeness (QED) is 0.0482. The third-order valence-electron chi connectivity index (χ3n) is 9.96. The van der Waals surface area contributed by atoms with E-state index in [4.69, 9.17) is 14.2 Å². The van der Waals surface area contributed by atoms with Crippen LogP contribution in [0.2, 0.25) is 0 Å². The first kappa shape index (κ1) is 44.8. The van der Waals surface area contributed by atoms with Crippen molar-refractivity contribution in [3.8, 4) is 11.5 Å². The van der Waals surface area contributed by atoms with E-state index in [2.05, 4.69) is 4.90 Å². The summed E-state index contributed by atoms with van der Waals surface area (Å²) in [6, 6.07) is 22.4. The van der Waals surface area contributed by atoms with Crippen LogP contribution in [0.3, 0.4) is 0 Å². The van der Waals surface area contributed by atoms with Gasteiger partial charge in [-0.1, -0.05) is 56.3 Å². The van der Waals surface area contributed by atoms with Gasteiger partial charge in [-0.25, -0.2) is 9.59 Å². The van der Waals surface area contributed by atoms with Crippen molar-refractivity contribution in [3.05, 3.63) is 118 Å². The van der Waals surface area contributed by atoms with Gasteiger partial charge in [-0.2, -0.15) is 0 Å². The number of aromatic hydroxyl groups is 2. The Morgan fingerprint density at radius 2 is 1.05 bits per heavy atom. The molecule has 0 saturated carbocycles. The van der Waals surface area contributed by atoms with Crippen LogP contribution in [-0.4, -0.2) is 85.0 Å². The molecule has 4 aromatic rings. The lowest BCUT2D eigenvalue weighted by Gasteiger charge is -2.28. The zero-order chi connectivity index (χ0) is 42.8. The van der Waals surface area contributed by atoms with Gasteiger partial charge in [0.15, 0.2) is 5.78 Å². The Bertz CT molecular complexity index is 2080. The normalized spacial score (nSPS) is 12.0. The molecule has 4 rings (SSSR count). The molecule has 12 heteroatoms. The van der Waals surface area contributed by atoms with Crippen LogP contribution in [0.15, 0.2) is 84.9 Å². The van der Waals surface area contributed by atoms with Crippen LogP contribution in [-0.2, 0) is 19.0 Å². The second-order valence-corrected chi connectivity index (χ2v) is 15.4. The zero-order valence-electron chi connectivity index (χ0n) is 34.7. The summed E-state index contributed by atoms with van der Waals surface area (Å²) < 4.78 is 16.8. The summed E-state index contributed by atoms with van der Waals surface area (Å²) in [6.45, 7) is 16.9. The van der Waals surface area contributed by atoms with Crippen molar-refractivity contribution < 1.29 is 48.7 Å². The van der Waals surface area contributed by atoms with E-state index in [1.54, 1.807) is 76.2 Å². The molecule has 0 aliphatic carbocycles. The average Bonchev–Trinajstić information content (AvgIpc) is 3.21. The fourth-order valence-electron chi connectivity index (χ4n) is 6.36. The number of nitrogens with zero attached hydrogens (tertiary/aromatic N) is 2. The highest BCUT2D eigenvalue weighted by Gasteiger charge is 2.34. The Morgan fingerprint density at radius 3 is 1.62 bits per heavy atom. The first-order chi connectivity index (χ1) is 27.5. The molecule has 0 heterocycles. The van der Waals surface area contributed by atoms with Crippen molar-refractivity contribution in [3.63, 3.8) is 0 Å². The Morgan fingerprint density at radius 1 is 0.569 bits per heavy atom. The first-order valence-electron chi connectivity index (χ1n) is 19.6. The monoisotopic (exact) mass is 796 g/mol. The van der Waals surface area contributed by atoms with Gasteiger partial charge in [-0.05, 0) is 77.4 Å². The molecule has 0 aromatic heterocycles. The highest BCUT2D eigenvalue weighted by molar-refractivity contribution is 6.15. The number of phenolic OH excluding ortho intramolecular Hbond substituents is 2. The number of hydrogen-bond donors (Lipinski definition) is 3. The van der Waals surface area contributed by atoms with Crippen molar-refractivity contribution in [2.45, 2.75) is 61.5 Å². The molecule has 0 bridgehead atoms. The van der Waals surface area contributed by atoms with E-state index < -0.39 is 40.6 Å². The number of aliphatic hydroxyl groups is 1. The van der Waals surface area contributed by atoms with Crippen LogP contribution in [0.1, 0.15) is 109 Å². The van der Waals surface area contributed by atoms with Gasteiger partial charge in [-0.15, -0.1) is 0 Å². The number of ketones is 1. The summed E-state index contributed by atoms with van der Waals surface area (Å²) in [6.07, 6.45) is -1.31. The second kappa shape index (κ2) is 19.5. The maximum Gasteiger partial charge on any atom is 0.338 e. The predicted molar refractivity (Wildman–Crippen MR) is 223 cm³/mol. The zero-order valence-corrected chi connectivity index (χ0v) is 34.7. The number of anilines is 2. The Hall–Kier alpha value is -5.88. The Balaban J connectivity index is 1.35. The number of phenols is 2. The van der Waals surface area contributed by atoms with Gasteiger partial charge in [0.1, 0.15) is 24.2 Å². The average molecular weight is 797 g/mol. The maximum atomic E-state index is 13.5. The van der Waals surface area contributed by atoms with Crippen LogP contribution < -0.4 is 9.80 Å². The smallest absolute Gasteiger partial charge is 0.338 e. The summed E-state index contributed by atoms with van der Waals surface area (Å²) in [4.78, 5) is 57.5. The van der Waals surface area contributed by atoms with E-state index in [9.17, 15) is 34.5 Å². The molecule has 58 heavy (non-hydrogen) atoms. The van der Waals surface area contributed by atoms with Crippen molar-refractivity contribution in [1.82, 2.24) is 0 Å². The number of carbonyl (C=O) groups is 4. The molecule has 0 radical (unpaired) electrons. The van der Waals surface area contributed by atoms with Crippen LogP contribution in [0.25, 0.3) is 0 Å². The van der Waals surface area contributed by atoms with E-state index in [0.29, 0.717) is 0 Å². The van der Waals surface area contributed by atoms with Crippen LogP contribution in [0.4, 0.5) is 11.4 Å². The summed E-state index contributed by atoms with van der Waals surface area (Å²) in [5, 5.41) is 32.8. The molecule has 0 fully saturated rings. The number of hydrogen-bond acceptors (Lipinski definition) is 12. The molecule has 3 N–H and O–H groups in total. The molecule has 0 aliphatic heterocycles. The minimum atomic E-state index is -1.31. The molecular formula is C46H56N2O10. The Kier molecular flexibility index (Phi) is 15.1. The topological polar surface area (TPSA) is 163 Å². The minimum absolute atomic E-state index is 0.0223. The van der Waals surface area contributed by atoms with E-state index in [1.165, 1.54) is 30.3 Å². The van der Waals surface area contributed by atoms with Gasteiger partial charge in [0.25, 0.3) is 0 Å². The molecule has 0 spiro atoms. The molecule has 0 amide bonds. The van der Waals surface area contributed by atoms with Crippen molar-refractivity contribution in [2.75, 3.05) is 55.8 Å². The molecular weight excluding hydrogens is 741 g/mol. The van der Waals surface area contributed by atoms with Crippen molar-refractivity contribution >= 4 is 35.1 Å². The van der Waals surface area contributed by atoms with Gasteiger partial charge < -0.3 is 39.3 Å². The van der Waals surface area contributed by atoms with Gasteiger partial charge >= 0.3 is 17.9 Å². The number of carbonyl (C=O) groups excluding carboxylic acids is 4. The first-order valence-corrected chi connectivity index (χ1v) is 19.6. The number of esters is 3. The van der Waals surface area contributed by atoms with Crippen LogP contribution in [0, 0.1) is 10.8 Å². The number of rotatable bonds is 19. The van der Waals surface area contributed by atoms with Crippen LogP contribution >= 0.6 is 0 Å². The third kappa shape index (κ3) is 10.7. The van der Waals surface area contributed by atoms with Crippen LogP contribution in [0.5, 0.6) is 11.5 Å². The molecule has 0 aliphatic rings. The van der Waals surface area contributed by atoms with E-state index in [0.717, 1.165) is 37.6 Å². The largest absolute Gasteiger partial charge is 0.507 e. The molecule has 4 aromatic carbocycles. The van der Waals surface area contributed by atoms with E-state index in [1.807, 2.05) is 38.7 Å². The maximum absolute atomic E-state index is 13.5. The molecule has 12 nitrogen and oxygen atoms in total. The highest BCUT2D eigenvalue weighted by Crippen LogP contribution is 2.35. The minimum Gasteiger partial charge on any atom is -0.507 e. The summed E-state index contributed by atoms with van der Waals surface area (Å²) in [5.74, 6) is -3.06. The van der Waals surface area contributed by atoms with Gasteiger partial charge in [0.2, 0.25) is 0 Å². The lowest BCUT2D eigenvalue weighted by atomic mass is 9.93. The van der Waals surface area contributed by atoms with E-state index >= 15 is 0 Å². The van der Waals surface area contributed by atoms with Gasteiger partial charge in [0.05, 0.1) is 35.3 Å². The lowest BCUT2D eigenvalue weighted by Crippen LogP contribution is -2.36.